The molecule has 0 amide bonds. The number of nitrogens with one attached hydrogen (secondary N) is 1. The van der Waals surface area contributed by atoms with Gasteiger partial charge >= 0.3 is 0 Å². The average Bonchev–Trinajstić information content (AvgIpc) is 2.32. The molecule has 0 aromatic heterocycles. The Labute approximate surface area is 115 Å². The van der Waals surface area contributed by atoms with E-state index in [1.165, 1.54) is 77.0 Å². The summed E-state index contributed by atoms with van der Waals surface area (Å²) in [5, 5.41) is 3.69. The molecule has 0 spiro atoms. The van der Waals surface area contributed by atoms with Gasteiger partial charge in [0.25, 0.3) is 0 Å². The second-order valence-electron chi connectivity index (χ2n) is 6.20. The van der Waals surface area contributed by atoms with Crippen molar-refractivity contribution < 1.29 is 0 Å². The lowest BCUT2D eigenvalue weighted by molar-refractivity contribution is 0.253. The monoisotopic (exact) mass is 253 g/mol. The molecule has 0 aliphatic heterocycles. The molecule has 1 heteroatoms. The quantitative estimate of drug-likeness (QED) is 0.466. The van der Waals surface area contributed by atoms with Gasteiger partial charge in [0.1, 0.15) is 0 Å². The van der Waals surface area contributed by atoms with Crippen LogP contribution in [0.3, 0.4) is 0 Å². The molecule has 18 heavy (non-hydrogen) atoms. The van der Waals surface area contributed by atoms with E-state index in [1.807, 2.05) is 0 Å². The van der Waals surface area contributed by atoms with E-state index >= 15 is 0 Å². The molecular formula is C17H35N. The van der Waals surface area contributed by atoms with E-state index in [0.717, 1.165) is 18.5 Å². The highest BCUT2D eigenvalue weighted by Gasteiger charge is 2.21. The summed E-state index contributed by atoms with van der Waals surface area (Å²) in [5.41, 5.74) is 0. The summed E-state index contributed by atoms with van der Waals surface area (Å²) in [5.74, 6) is 1.05. The zero-order chi connectivity index (χ0) is 13.1. The lowest BCUT2D eigenvalue weighted by Gasteiger charge is -2.30. The van der Waals surface area contributed by atoms with E-state index in [9.17, 15) is 0 Å². The lowest BCUT2D eigenvalue weighted by atomic mass is 9.80. The molecule has 1 unspecified atom stereocenters. The molecule has 0 aromatic rings. The highest BCUT2D eigenvalue weighted by atomic mass is 14.9. The van der Waals surface area contributed by atoms with Gasteiger partial charge in [-0.15, -0.1) is 0 Å². The highest BCUT2D eigenvalue weighted by Crippen LogP contribution is 2.31. The molecule has 1 nitrogen and oxygen atoms in total. The van der Waals surface area contributed by atoms with Gasteiger partial charge < -0.3 is 5.32 Å². The Kier molecular flexibility index (Phi) is 9.65. The largest absolute Gasteiger partial charge is 0.314 e. The first kappa shape index (κ1) is 16.0. The van der Waals surface area contributed by atoms with Crippen molar-refractivity contribution in [3.05, 3.63) is 0 Å². The first-order chi connectivity index (χ1) is 8.86. The van der Waals surface area contributed by atoms with Crippen LogP contribution in [0.5, 0.6) is 0 Å². The molecule has 1 N–H and O–H groups in total. The van der Waals surface area contributed by atoms with Crippen LogP contribution < -0.4 is 5.32 Å². The average molecular weight is 253 g/mol. The molecular weight excluding hydrogens is 218 g/mol. The van der Waals surface area contributed by atoms with Gasteiger partial charge in [0.05, 0.1) is 0 Å². The molecule has 1 rings (SSSR count). The van der Waals surface area contributed by atoms with Crippen molar-refractivity contribution >= 4 is 0 Å². The summed E-state index contributed by atoms with van der Waals surface area (Å²) in [6.45, 7) is 5.69. The third-order valence-corrected chi connectivity index (χ3v) is 4.49. The minimum Gasteiger partial charge on any atom is -0.314 e. The SMILES string of the molecule is CCCCCCCCCC(CC1CCC1)NCC. The van der Waals surface area contributed by atoms with Gasteiger partial charge in [0.2, 0.25) is 0 Å². The Morgan fingerprint density at radius 2 is 1.61 bits per heavy atom. The summed E-state index contributed by atoms with van der Waals surface area (Å²) in [6.07, 6.45) is 17.4. The second-order valence-corrected chi connectivity index (χ2v) is 6.20. The molecule has 1 aliphatic carbocycles. The Bertz CT molecular complexity index is 174. The van der Waals surface area contributed by atoms with Crippen LogP contribution >= 0.6 is 0 Å². The van der Waals surface area contributed by atoms with E-state index in [-0.39, 0.29) is 0 Å². The first-order valence-electron chi connectivity index (χ1n) is 8.60. The van der Waals surface area contributed by atoms with Crippen molar-refractivity contribution in [3.8, 4) is 0 Å². The second kappa shape index (κ2) is 10.8. The summed E-state index contributed by atoms with van der Waals surface area (Å²) in [4.78, 5) is 0. The van der Waals surface area contributed by atoms with Crippen LogP contribution in [0.4, 0.5) is 0 Å². The maximum absolute atomic E-state index is 3.69. The van der Waals surface area contributed by atoms with Crippen molar-refractivity contribution in [2.45, 2.75) is 96.9 Å². The fraction of sp³-hybridized carbons (Fsp3) is 1.00. The molecule has 0 heterocycles. The van der Waals surface area contributed by atoms with Gasteiger partial charge in [-0.1, -0.05) is 78.1 Å². The third-order valence-electron chi connectivity index (χ3n) is 4.49. The van der Waals surface area contributed by atoms with E-state index in [4.69, 9.17) is 0 Å². The van der Waals surface area contributed by atoms with Gasteiger partial charge in [0, 0.05) is 6.04 Å². The Morgan fingerprint density at radius 1 is 0.944 bits per heavy atom. The van der Waals surface area contributed by atoms with E-state index < -0.39 is 0 Å². The van der Waals surface area contributed by atoms with Gasteiger partial charge in [-0.25, -0.2) is 0 Å². The van der Waals surface area contributed by atoms with E-state index in [2.05, 4.69) is 19.2 Å². The molecule has 1 saturated carbocycles. The fourth-order valence-corrected chi connectivity index (χ4v) is 3.07. The van der Waals surface area contributed by atoms with Crippen LogP contribution in [0.15, 0.2) is 0 Å². The zero-order valence-electron chi connectivity index (χ0n) is 12.8. The van der Waals surface area contributed by atoms with Crippen molar-refractivity contribution in [2.75, 3.05) is 6.54 Å². The van der Waals surface area contributed by atoms with Gasteiger partial charge in [0.15, 0.2) is 0 Å². The number of hydrogen-bond donors (Lipinski definition) is 1. The predicted octanol–water partition coefficient (Wildman–Crippen LogP) is 5.30. The van der Waals surface area contributed by atoms with Gasteiger partial charge in [-0.3, -0.25) is 0 Å². The molecule has 1 aliphatic rings. The van der Waals surface area contributed by atoms with Crippen LogP contribution in [-0.4, -0.2) is 12.6 Å². The summed E-state index contributed by atoms with van der Waals surface area (Å²) < 4.78 is 0. The normalized spacial score (nSPS) is 17.7. The zero-order valence-corrected chi connectivity index (χ0v) is 12.8. The van der Waals surface area contributed by atoms with Crippen molar-refractivity contribution in [1.82, 2.24) is 5.32 Å². The Morgan fingerprint density at radius 3 is 2.17 bits per heavy atom. The molecule has 0 saturated heterocycles. The van der Waals surface area contributed by atoms with Gasteiger partial charge in [-0.05, 0) is 25.3 Å². The smallest absolute Gasteiger partial charge is 0.00695 e. The first-order valence-corrected chi connectivity index (χ1v) is 8.60. The molecule has 0 aromatic carbocycles. The van der Waals surface area contributed by atoms with E-state index in [0.29, 0.717) is 0 Å². The molecule has 108 valence electrons. The third kappa shape index (κ3) is 7.41. The van der Waals surface area contributed by atoms with Crippen molar-refractivity contribution in [3.63, 3.8) is 0 Å². The van der Waals surface area contributed by atoms with E-state index in [1.54, 1.807) is 0 Å². The number of hydrogen-bond acceptors (Lipinski definition) is 1. The predicted molar refractivity (Wildman–Crippen MR) is 82.0 cm³/mol. The minimum atomic E-state index is 0.816. The maximum atomic E-state index is 3.69. The van der Waals surface area contributed by atoms with Crippen molar-refractivity contribution in [2.24, 2.45) is 5.92 Å². The summed E-state index contributed by atoms with van der Waals surface area (Å²) >= 11 is 0. The summed E-state index contributed by atoms with van der Waals surface area (Å²) in [7, 11) is 0. The number of unbranched alkanes of at least 4 members (excludes halogenated alkanes) is 6. The maximum Gasteiger partial charge on any atom is 0.00695 e. The molecule has 1 atom stereocenters. The molecule has 0 bridgehead atoms. The van der Waals surface area contributed by atoms with Crippen LogP contribution in [0.2, 0.25) is 0 Å². The fourth-order valence-electron chi connectivity index (χ4n) is 3.07. The Balaban J connectivity index is 1.95. The van der Waals surface area contributed by atoms with Crippen molar-refractivity contribution in [1.29, 1.82) is 0 Å². The van der Waals surface area contributed by atoms with Gasteiger partial charge in [-0.2, -0.15) is 0 Å². The topological polar surface area (TPSA) is 12.0 Å². The molecule has 0 radical (unpaired) electrons. The van der Waals surface area contributed by atoms with Crippen LogP contribution in [0, 0.1) is 5.92 Å². The minimum absolute atomic E-state index is 0.816. The van der Waals surface area contributed by atoms with Crippen LogP contribution in [0.1, 0.15) is 90.9 Å². The standard InChI is InChI=1S/C17H35N/c1-3-5-6-7-8-9-10-14-17(18-4-2)15-16-12-11-13-16/h16-18H,3-15H2,1-2H3. The highest BCUT2D eigenvalue weighted by molar-refractivity contribution is 4.77. The molecule has 1 fully saturated rings. The summed E-state index contributed by atoms with van der Waals surface area (Å²) in [6, 6.07) is 0.816. The number of rotatable bonds is 12. The van der Waals surface area contributed by atoms with Crippen LogP contribution in [0.25, 0.3) is 0 Å². The Hall–Kier alpha value is -0.0400. The lowest BCUT2D eigenvalue weighted by Crippen LogP contribution is -2.32. The van der Waals surface area contributed by atoms with Crippen LogP contribution in [-0.2, 0) is 0 Å².